The number of hydrogen-bond acceptors (Lipinski definition) is 5. The standard InChI is InChI=1S/C18H12ClF2NO3.C10H6F2O3.C8H6ClN/c19-14-3-1-2-10-13(8-22-17(10)14)12(18(24)25)7-16(23)11-5-4-9(20)6-15(11)21;11-7-1-2-8(9(12)5-7)10(14)3-4-15-6-13;9-7-3-1-2-6-4-5-10-8(6)7/h1-6,8,12,22H,7H2,(H,24,25);1-6H;1-5,10H/b;4-3+;. The predicted molar refractivity (Wildman–Crippen MR) is 179 cm³/mol. The van der Waals surface area contributed by atoms with Crippen molar-refractivity contribution in [1.29, 1.82) is 0 Å². The summed E-state index contributed by atoms with van der Waals surface area (Å²) in [6, 6.07) is 18.0. The number of fused-ring (bicyclic) bond motifs is 2. The molecule has 2 aromatic heterocycles. The number of H-pyrrole nitrogens is 2. The van der Waals surface area contributed by atoms with E-state index in [1.165, 1.54) is 6.20 Å². The van der Waals surface area contributed by atoms with E-state index in [2.05, 4.69) is 14.7 Å². The van der Waals surface area contributed by atoms with Crippen molar-refractivity contribution in [3.05, 3.63) is 154 Å². The molecular weight excluding hydrogens is 703 g/mol. The van der Waals surface area contributed by atoms with E-state index in [0.29, 0.717) is 33.6 Å². The normalized spacial score (nSPS) is 11.3. The number of aliphatic carboxylic acids is 1. The van der Waals surface area contributed by atoms with Gasteiger partial charge in [-0.2, -0.15) is 0 Å². The zero-order valence-electron chi connectivity index (χ0n) is 25.4. The molecule has 14 heteroatoms. The number of aromatic nitrogens is 2. The molecular formula is C36H24Cl2F4N2O6. The number of aromatic amines is 2. The zero-order valence-corrected chi connectivity index (χ0v) is 26.9. The Bertz CT molecular complexity index is 2220. The monoisotopic (exact) mass is 726 g/mol. The van der Waals surface area contributed by atoms with E-state index in [4.69, 9.17) is 23.2 Å². The molecule has 0 aliphatic rings. The number of para-hydroxylation sites is 2. The Hall–Kier alpha value is -5.72. The molecule has 0 bridgehead atoms. The number of ether oxygens (including phenoxy) is 1. The summed E-state index contributed by atoms with van der Waals surface area (Å²) in [5.41, 5.74) is 1.32. The number of nitrogens with one attached hydrogen (secondary N) is 2. The number of benzene rings is 4. The highest BCUT2D eigenvalue weighted by molar-refractivity contribution is 6.35. The first-order valence-corrected chi connectivity index (χ1v) is 15.1. The Kier molecular flexibility index (Phi) is 12.7. The molecule has 0 radical (unpaired) electrons. The zero-order chi connectivity index (χ0) is 36.4. The Morgan fingerprint density at radius 3 is 2.02 bits per heavy atom. The molecule has 0 saturated carbocycles. The second-order valence-corrected chi connectivity index (χ2v) is 11.1. The third kappa shape index (κ3) is 9.24. The van der Waals surface area contributed by atoms with Crippen LogP contribution in [0.3, 0.4) is 0 Å². The maximum absolute atomic E-state index is 13.8. The quantitative estimate of drug-likeness (QED) is 0.0448. The fourth-order valence-electron chi connectivity index (χ4n) is 4.73. The lowest BCUT2D eigenvalue weighted by Crippen LogP contribution is -2.17. The predicted octanol–water partition coefficient (Wildman–Crippen LogP) is 9.20. The van der Waals surface area contributed by atoms with Gasteiger partial charge in [-0.05, 0) is 48.0 Å². The van der Waals surface area contributed by atoms with Crippen LogP contribution in [0.1, 0.15) is 38.6 Å². The van der Waals surface area contributed by atoms with E-state index < -0.39 is 53.1 Å². The van der Waals surface area contributed by atoms with Crippen LogP contribution in [0.4, 0.5) is 17.6 Å². The third-order valence-corrected chi connectivity index (χ3v) is 7.71. The van der Waals surface area contributed by atoms with Crippen LogP contribution < -0.4 is 0 Å². The minimum absolute atomic E-state index is 0.116. The molecule has 256 valence electrons. The van der Waals surface area contributed by atoms with Crippen molar-refractivity contribution in [1.82, 2.24) is 9.97 Å². The summed E-state index contributed by atoms with van der Waals surface area (Å²) < 4.78 is 56.3. The first kappa shape index (κ1) is 37.1. The maximum atomic E-state index is 13.8. The summed E-state index contributed by atoms with van der Waals surface area (Å²) >= 11 is 11.9. The van der Waals surface area contributed by atoms with Gasteiger partial charge in [0.05, 0.1) is 44.4 Å². The van der Waals surface area contributed by atoms with Crippen molar-refractivity contribution in [3.8, 4) is 0 Å². The fraction of sp³-hybridized carbons (Fsp3) is 0.0556. The van der Waals surface area contributed by atoms with Crippen LogP contribution in [0.2, 0.25) is 10.0 Å². The number of allylic oxidation sites excluding steroid dienone is 1. The number of carboxylic acid groups (broad SMARTS) is 1. The molecule has 0 aliphatic carbocycles. The number of rotatable bonds is 9. The van der Waals surface area contributed by atoms with Gasteiger partial charge in [0, 0.05) is 47.8 Å². The van der Waals surface area contributed by atoms with Crippen LogP contribution >= 0.6 is 23.2 Å². The Labute approximate surface area is 290 Å². The number of ketones is 2. The summed E-state index contributed by atoms with van der Waals surface area (Å²) in [5, 5.41) is 12.5. The van der Waals surface area contributed by atoms with Crippen molar-refractivity contribution in [2.75, 3.05) is 0 Å². The lowest BCUT2D eigenvalue weighted by molar-refractivity contribution is -0.138. The van der Waals surface area contributed by atoms with Gasteiger partial charge in [-0.3, -0.25) is 19.2 Å². The molecule has 8 nitrogen and oxygen atoms in total. The second kappa shape index (κ2) is 17.1. The molecule has 0 amide bonds. The number of carbonyl (C=O) groups is 4. The van der Waals surface area contributed by atoms with Gasteiger partial charge in [0.2, 0.25) is 0 Å². The molecule has 0 spiro atoms. The van der Waals surface area contributed by atoms with Gasteiger partial charge in [0.1, 0.15) is 23.3 Å². The average molecular weight is 727 g/mol. The van der Waals surface area contributed by atoms with Crippen molar-refractivity contribution in [2.45, 2.75) is 12.3 Å². The van der Waals surface area contributed by atoms with Gasteiger partial charge in [0.25, 0.3) is 6.47 Å². The molecule has 0 fully saturated rings. The summed E-state index contributed by atoms with van der Waals surface area (Å²) in [6.45, 7) is 0.116. The number of Topliss-reactive ketones (excluding diaryl/α,β-unsaturated/α-hetero) is 1. The molecule has 4 aromatic carbocycles. The van der Waals surface area contributed by atoms with Crippen LogP contribution in [0, 0.1) is 23.3 Å². The molecule has 1 unspecified atom stereocenters. The van der Waals surface area contributed by atoms with Crippen LogP contribution in [0.25, 0.3) is 21.8 Å². The van der Waals surface area contributed by atoms with Gasteiger partial charge in [-0.15, -0.1) is 0 Å². The number of halogens is 6. The first-order valence-electron chi connectivity index (χ1n) is 14.3. The van der Waals surface area contributed by atoms with Crippen molar-refractivity contribution < 1.29 is 46.6 Å². The maximum Gasteiger partial charge on any atom is 0.311 e. The smallest absolute Gasteiger partial charge is 0.311 e. The van der Waals surface area contributed by atoms with E-state index in [0.717, 1.165) is 52.5 Å². The summed E-state index contributed by atoms with van der Waals surface area (Å²) in [5.74, 6) is -7.41. The van der Waals surface area contributed by atoms with Crippen LogP contribution in [-0.2, 0) is 14.3 Å². The summed E-state index contributed by atoms with van der Waals surface area (Å²) in [4.78, 5) is 50.9. The van der Waals surface area contributed by atoms with Crippen molar-refractivity contribution in [2.24, 2.45) is 0 Å². The molecule has 6 aromatic rings. The first-order chi connectivity index (χ1) is 23.9. The number of hydrogen-bond donors (Lipinski definition) is 3. The second-order valence-electron chi connectivity index (χ2n) is 10.3. The number of carbonyl (C=O) groups excluding carboxylic acids is 3. The molecule has 0 saturated heterocycles. The molecule has 3 N–H and O–H groups in total. The van der Waals surface area contributed by atoms with Gasteiger partial charge >= 0.3 is 5.97 Å². The van der Waals surface area contributed by atoms with Crippen LogP contribution in [-0.4, -0.2) is 39.1 Å². The van der Waals surface area contributed by atoms with E-state index in [1.807, 2.05) is 30.5 Å². The van der Waals surface area contributed by atoms with Crippen LogP contribution in [0.5, 0.6) is 0 Å². The molecule has 0 aliphatic heterocycles. The minimum atomic E-state index is -1.23. The van der Waals surface area contributed by atoms with Crippen molar-refractivity contribution >= 4 is 69.0 Å². The topological polar surface area (TPSA) is 129 Å². The molecule has 1 atom stereocenters. The van der Waals surface area contributed by atoms with Gasteiger partial charge in [-0.1, -0.05) is 47.5 Å². The Balaban J connectivity index is 0.000000189. The average Bonchev–Trinajstić information content (AvgIpc) is 3.73. The molecule has 50 heavy (non-hydrogen) atoms. The van der Waals surface area contributed by atoms with Crippen molar-refractivity contribution in [3.63, 3.8) is 0 Å². The van der Waals surface area contributed by atoms with Gasteiger partial charge in [0.15, 0.2) is 11.6 Å². The lowest BCUT2D eigenvalue weighted by Gasteiger charge is -2.11. The Morgan fingerprint density at radius 1 is 0.800 bits per heavy atom. The largest absolute Gasteiger partial charge is 0.481 e. The highest BCUT2D eigenvalue weighted by Gasteiger charge is 2.28. The molecule has 6 rings (SSSR count). The summed E-state index contributed by atoms with van der Waals surface area (Å²) in [7, 11) is 0. The summed E-state index contributed by atoms with van der Waals surface area (Å²) in [6.07, 6.45) is 4.58. The van der Waals surface area contributed by atoms with E-state index in [1.54, 1.807) is 18.2 Å². The lowest BCUT2D eigenvalue weighted by atomic mass is 9.91. The highest BCUT2D eigenvalue weighted by atomic mass is 35.5. The van der Waals surface area contributed by atoms with Crippen LogP contribution in [0.15, 0.2) is 104 Å². The third-order valence-electron chi connectivity index (χ3n) is 7.08. The minimum Gasteiger partial charge on any atom is -0.481 e. The highest BCUT2D eigenvalue weighted by Crippen LogP contribution is 2.32. The van der Waals surface area contributed by atoms with E-state index in [-0.39, 0.29) is 17.6 Å². The number of carboxylic acids is 1. The van der Waals surface area contributed by atoms with Gasteiger partial charge in [-0.25, -0.2) is 17.6 Å². The van der Waals surface area contributed by atoms with E-state index in [9.17, 15) is 41.8 Å². The van der Waals surface area contributed by atoms with Gasteiger partial charge < -0.3 is 19.8 Å². The SMILES string of the molecule is Clc1cccc2cc[nH]c12.O=C(CC(C(=O)O)c1c[nH]c2c(Cl)cccc12)c1ccc(F)cc1F.O=CO/C=C/C(=O)c1ccc(F)cc1F. The van der Waals surface area contributed by atoms with E-state index >= 15 is 0 Å². The molecule has 2 heterocycles. The fourth-order valence-corrected chi connectivity index (χ4v) is 5.19. The Morgan fingerprint density at radius 2 is 1.42 bits per heavy atom.